The highest BCUT2D eigenvalue weighted by Gasteiger charge is 2.14. The molecule has 0 bridgehead atoms. The van der Waals surface area contributed by atoms with Crippen molar-refractivity contribution in [2.45, 2.75) is 0 Å². The molecule has 13 aromatic rings. The molecule has 6 aromatic carbocycles. The highest BCUT2D eigenvalue weighted by molar-refractivity contribution is 7.23. The molecule has 80 heavy (non-hydrogen) atoms. The molecule has 7 aromatic heterocycles. The molecule has 392 valence electrons. The number of hydrogen-bond acceptors (Lipinski definition) is 14. The van der Waals surface area contributed by atoms with Crippen LogP contribution < -0.4 is 38.2 Å². The number of pyridine rings is 3. The Morgan fingerprint density at radius 2 is 0.887 bits per heavy atom. The summed E-state index contributed by atoms with van der Waals surface area (Å²) in [5.74, 6) is 5.12. The Morgan fingerprint density at radius 1 is 0.487 bits per heavy atom. The van der Waals surface area contributed by atoms with E-state index in [0.717, 1.165) is 80.5 Å². The van der Waals surface area contributed by atoms with Gasteiger partial charge in [-0.15, -0.1) is 34.0 Å². The maximum absolute atomic E-state index is 11.8. The van der Waals surface area contributed by atoms with E-state index in [1.54, 1.807) is 43.2 Å². The molecule has 8 N–H and O–H groups in total. The first-order valence-corrected chi connectivity index (χ1v) is 27.5. The Bertz CT molecular complexity index is 4300. The molecule has 0 saturated carbocycles. The van der Waals surface area contributed by atoms with Crippen LogP contribution in [-0.4, -0.2) is 41.0 Å². The molecular weight excluding hydrogens is 1080 g/mol. The fraction of sp³-hybridized carbons (Fsp3) is 0. The number of urea groups is 1. The first-order valence-electron chi connectivity index (χ1n) is 24.7. The molecule has 0 radical (unpaired) electrons. The Balaban J connectivity index is 0.000000127. The van der Waals surface area contributed by atoms with E-state index in [1.807, 2.05) is 91.0 Å². The molecule has 0 aliphatic rings. The second-order valence-electron chi connectivity index (χ2n) is 17.7. The summed E-state index contributed by atoms with van der Waals surface area (Å²) in [6.07, 6.45) is 12.1. The summed E-state index contributed by atoms with van der Waals surface area (Å²) in [7, 11) is 0. The van der Waals surface area contributed by atoms with Crippen LogP contribution in [0.25, 0.3) is 68.6 Å². The predicted molar refractivity (Wildman–Crippen MR) is 329 cm³/mol. The maximum Gasteiger partial charge on any atom is 0.348 e. The molecule has 0 spiro atoms. The Labute approximate surface area is 474 Å². The normalized spacial score (nSPS) is 10.8. The molecule has 2 amide bonds. The smallest absolute Gasteiger partial charge is 0.348 e. The minimum Gasteiger partial charge on any atom is -0.354 e. The van der Waals surface area contributed by atoms with Gasteiger partial charge in [-0.25, -0.2) is 25.1 Å². The lowest BCUT2D eigenvalue weighted by Crippen LogP contribution is -2.34. The number of H-pyrrole nitrogens is 1. The van der Waals surface area contributed by atoms with Crippen LogP contribution in [0.15, 0.2) is 230 Å². The van der Waals surface area contributed by atoms with Gasteiger partial charge in [0.05, 0.1) is 59.6 Å². The molecule has 15 nitrogen and oxygen atoms in total. The van der Waals surface area contributed by atoms with E-state index in [1.165, 1.54) is 67.2 Å². The van der Waals surface area contributed by atoms with Gasteiger partial charge in [0.15, 0.2) is 0 Å². The number of thiophene rings is 3. The minimum atomic E-state index is -0.458. The number of hydrazine groups is 1. The largest absolute Gasteiger partial charge is 0.354 e. The number of rotatable bonds is 12. The number of aromatic nitrogens is 6. The van der Waals surface area contributed by atoms with Gasteiger partial charge >= 0.3 is 11.7 Å². The fourth-order valence-electron chi connectivity index (χ4n) is 8.59. The Morgan fingerprint density at radius 3 is 1.30 bits per heavy atom. The van der Waals surface area contributed by atoms with Gasteiger partial charge in [-0.3, -0.25) is 30.5 Å². The van der Waals surface area contributed by atoms with Crippen molar-refractivity contribution in [1.29, 1.82) is 0 Å². The van der Waals surface area contributed by atoms with Crippen LogP contribution in [0, 0.1) is 0 Å². The molecule has 0 aliphatic carbocycles. The molecule has 0 saturated heterocycles. The number of nitrogens with one attached hydrogen (secondary N) is 6. The third-order valence-electron chi connectivity index (χ3n) is 12.5. The third kappa shape index (κ3) is 12.3. The summed E-state index contributed by atoms with van der Waals surface area (Å²) in [5.41, 5.74) is 14.3. The lowest BCUT2D eigenvalue weighted by Gasteiger charge is -2.08. The average molecular weight is 1130 g/mol. The van der Waals surface area contributed by atoms with Gasteiger partial charge in [-0.2, -0.15) is 5.10 Å². The van der Waals surface area contributed by atoms with Crippen LogP contribution in [0.2, 0.25) is 0 Å². The zero-order valence-corrected chi connectivity index (χ0v) is 45.2. The van der Waals surface area contributed by atoms with Crippen molar-refractivity contribution in [3.05, 3.63) is 241 Å². The van der Waals surface area contributed by atoms with E-state index < -0.39 is 11.3 Å². The number of anilines is 7. The highest BCUT2D eigenvalue weighted by Crippen LogP contribution is 2.37. The molecule has 0 unspecified atom stereocenters. The van der Waals surface area contributed by atoms with Crippen molar-refractivity contribution in [3.8, 4) is 38.4 Å². The minimum absolute atomic E-state index is 0.259. The SMILES string of the molecule is NNC(=O)Nc1cc2c(Nc3ccc(-c4ccccc4)cc3)cncc2s1.O=C(Cl)c1cc2c(Nc3ccc(-c4ccccc4)cc3)cncc2s1.O=c1[nH]ncn1-c1cc2c(Nc3ccc(-c4ccccc4)cc3)cncc2s1. The van der Waals surface area contributed by atoms with Gasteiger partial charge in [0, 0.05) is 51.8 Å². The number of nitrogens with zero attached hydrogens (tertiary/aromatic N) is 5. The number of carbonyl (C=O) groups is 2. The summed E-state index contributed by atoms with van der Waals surface area (Å²) in [4.78, 5) is 48.0. The number of hydrogen-bond donors (Lipinski definition) is 7. The number of benzene rings is 6. The monoisotopic (exact) mass is 1120 g/mol. The van der Waals surface area contributed by atoms with Crippen molar-refractivity contribution >= 4 is 126 Å². The predicted octanol–water partition coefficient (Wildman–Crippen LogP) is 15.4. The summed E-state index contributed by atoms with van der Waals surface area (Å²) in [6.45, 7) is 0. The zero-order chi connectivity index (χ0) is 54.8. The molecule has 7 heterocycles. The van der Waals surface area contributed by atoms with Crippen LogP contribution in [0.3, 0.4) is 0 Å². The summed E-state index contributed by atoms with van der Waals surface area (Å²) in [6, 6.07) is 60.7. The molecule has 0 atom stereocenters. The Kier molecular flexibility index (Phi) is 15.8. The summed E-state index contributed by atoms with van der Waals surface area (Å²) in [5, 5.41) is 23.1. The molecular formula is C61H45ClN12O3S3. The number of carbonyl (C=O) groups excluding carboxylic acids is 2. The van der Waals surface area contributed by atoms with Crippen molar-refractivity contribution < 1.29 is 9.59 Å². The first-order chi connectivity index (χ1) is 39.2. The third-order valence-corrected chi connectivity index (χ3v) is 15.9. The number of fused-ring (bicyclic) bond motifs is 3. The van der Waals surface area contributed by atoms with E-state index in [4.69, 9.17) is 17.4 Å². The summed E-state index contributed by atoms with van der Waals surface area (Å²) >= 11 is 9.87. The standard InChI is InChI=1S/C21H15N5OS.C20H13ClN2OS.C20H17N5OS/c27-21-25-23-13-26(21)20-10-17-18(11-22-12-19(17)28-20)24-16-8-6-15(7-9-16)14-4-2-1-3-5-14;21-20(24)18-10-16-17(11-22-12-19(16)25-18)23-15-8-6-14(7-9-15)13-4-2-1-3-5-13;21-25-20(26)24-19-10-16-17(11-22-12-18(16)27-19)23-15-8-6-14(7-9-15)13-4-2-1-3-5-13/h1-13,24H,(H,25,27);1-12,23H;1-12,23H,21H2,(H2,24,25,26). The van der Waals surface area contributed by atoms with E-state index in [0.29, 0.717) is 9.88 Å². The van der Waals surface area contributed by atoms with Crippen molar-refractivity contribution in [1.82, 2.24) is 35.1 Å². The molecule has 0 fully saturated rings. The van der Waals surface area contributed by atoms with Gasteiger partial charge in [0.25, 0.3) is 5.24 Å². The topological polar surface area (TPSA) is 210 Å². The summed E-state index contributed by atoms with van der Waals surface area (Å²) < 4.78 is 4.38. The highest BCUT2D eigenvalue weighted by atomic mass is 35.5. The number of amides is 2. The van der Waals surface area contributed by atoms with E-state index >= 15 is 0 Å². The Hall–Kier alpha value is -9.82. The van der Waals surface area contributed by atoms with Crippen LogP contribution in [0.1, 0.15) is 9.67 Å². The van der Waals surface area contributed by atoms with E-state index in [-0.39, 0.29) is 5.69 Å². The van der Waals surface area contributed by atoms with Crippen molar-refractivity contribution in [2.75, 3.05) is 21.3 Å². The molecule has 0 aliphatic heterocycles. The van der Waals surface area contributed by atoms with Crippen molar-refractivity contribution in [3.63, 3.8) is 0 Å². The van der Waals surface area contributed by atoms with Gasteiger partial charge in [-0.1, -0.05) is 127 Å². The van der Waals surface area contributed by atoms with E-state index in [9.17, 15) is 14.4 Å². The van der Waals surface area contributed by atoms with E-state index in [2.05, 4.69) is 137 Å². The molecule has 13 rings (SSSR count). The lowest BCUT2D eigenvalue weighted by molar-refractivity contribution is 0.108. The van der Waals surface area contributed by atoms with Crippen LogP contribution >= 0.6 is 45.6 Å². The number of aromatic amines is 1. The van der Waals surface area contributed by atoms with Gasteiger partial charge < -0.3 is 16.0 Å². The second kappa shape index (κ2) is 24.2. The molecule has 19 heteroatoms. The zero-order valence-electron chi connectivity index (χ0n) is 42.0. The average Bonchev–Trinajstić information content (AvgIpc) is 4.35. The number of halogens is 1. The fourth-order valence-corrected chi connectivity index (χ4v) is 11.6. The lowest BCUT2D eigenvalue weighted by atomic mass is 10.1. The van der Waals surface area contributed by atoms with Crippen LogP contribution in [0.5, 0.6) is 0 Å². The van der Waals surface area contributed by atoms with Gasteiger partial charge in [0.1, 0.15) is 11.3 Å². The van der Waals surface area contributed by atoms with Crippen LogP contribution in [0.4, 0.5) is 43.9 Å². The first kappa shape index (κ1) is 52.2. The second-order valence-corrected chi connectivity index (χ2v) is 21.3. The van der Waals surface area contributed by atoms with Gasteiger partial charge in [0.2, 0.25) is 0 Å². The van der Waals surface area contributed by atoms with Crippen LogP contribution in [-0.2, 0) is 0 Å². The quantitative estimate of drug-likeness (QED) is 0.0265. The van der Waals surface area contributed by atoms with Crippen molar-refractivity contribution in [2.24, 2.45) is 5.84 Å². The van der Waals surface area contributed by atoms with Gasteiger partial charge in [-0.05, 0) is 99.6 Å². The number of nitrogens with two attached hydrogens (primary N) is 1. The maximum atomic E-state index is 11.8.